The van der Waals surface area contributed by atoms with Crippen LogP contribution in [0.2, 0.25) is 0 Å². The summed E-state index contributed by atoms with van der Waals surface area (Å²) < 4.78 is 5.08. The number of hydrogen-bond acceptors (Lipinski definition) is 2. The van der Waals surface area contributed by atoms with Crippen molar-refractivity contribution in [2.24, 2.45) is 0 Å². The van der Waals surface area contributed by atoms with E-state index in [-0.39, 0.29) is 0 Å². The second-order valence-electron chi connectivity index (χ2n) is 2.69. The molecular formula is C10H8N2O. The fourth-order valence-electron chi connectivity index (χ4n) is 1.40. The third-order valence-corrected chi connectivity index (χ3v) is 2.03. The van der Waals surface area contributed by atoms with Crippen LogP contribution < -0.4 is 4.74 Å². The van der Waals surface area contributed by atoms with Crippen molar-refractivity contribution < 1.29 is 4.74 Å². The molecule has 64 valence electrons. The van der Waals surface area contributed by atoms with Crippen LogP contribution in [0, 0.1) is 11.3 Å². The average Bonchev–Trinajstić information content (AvgIpc) is 2.63. The molecule has 1 aromatic heterocycles. The van der Waals surface area contributed by atoms with E-state index in [9.17, 15) is 0 Å². The van der Waals surface area contributed by atoms with Gasteiger partial charge in [-0.2, -0.15) is 5.26 Å². The number of nitriles is 1. The number of rotatable bonds is 1. The van der Waals surface area contributed by atoms with Gasteiger partial charge in [-0.3, -0.25) is 0 Å². The number of nitrogens with zero attached hydrogens (tertiary/aromatic N) is 1. The van der Waals surface area contributed by atoms with Crippen molar-refractivity contribution in [3.8, 4) is 11.8 Å². The van der Waals surface area contributed by atoms with Crippen LogP contribution in [0.3, 0.4) is 0 Å². The molecule has 0 atom stereocenters. The van der Waals surface area contributed by atoms with Crippen LogP contribution >= 0.6 is 0 Å². The molecule has 0 saturated heterocycles. The number of H-pyrrole nitrogens is 1. The largest absolute Gasteiger partial charge is 0.495 e. The summed E-state index contributed by atoms with van der Waals surface area (Å²) in [6.07, 6.45) is 1.81. The highest BCUT2D eigenvalue weighted by molar-refractivity contribution is 5.87. The van der Waals surface area contributed by atoms with Gasteiger partial charge in [0, 0.05) is 17.1 Å². The lowest BCUT2D eigenvalue weighted by molar-refractivity contribution is 0.414. The zero-order chi connectivity index (χ0) is 9.26. The topological polar surface area (TPSA) is 48.8 Å². The summed E-state index contributed by atoms with van der Waals surface area (Å²) in [7, 11) is 1.56. The summed E-state index contributed by atoms with van der Waals surface area (Å²) in [4.78, 5) is 3.04. The van der Waals surface area contributed by atoms with Gasteiger partial charge in [-0.05, 0) is 18.2 Å². The number of aromatic amines is 1. The normalized spacial score (nSPS) is 9.85. The summed E-state index contributed by atoms with van der Waals surface area (Å²) in [5, 5.41) is 9.83. The number of methoxy groups -OCH3 is 1. The number of benzene rings is 1. The zero-order valence-corrected chi connectivity index (χ0v) is 7.16. The Morgan fingerprint density at radius 3 is 2.92 bits per heavy atom. The first kappa shape index (κ1) is 7.69. The van der Waals surface area contributed by atoms with Gasteiger partial charge in [0.1, 0.15) is 17.4 Å². The monoisotopic (exact) mass is 172 g/mol. The van der Waals surface area contributed by atoms with Gasteiger partial charge in [-0.1, -0.05) is 0 Å². The minimum atomic E-state index is 0.584. The molecule has 0 bridgehead atoms. The van der Waals surface area contributed by atoms with Gasteiger partial charge in [0.2, 0.25) is 0 Å². The van der Waals surface area contributed by atoms with Crippen LogP contribution in [0.5, 0.6) is 5.75 Å². The summed E-state index contributed by atoms with van der Waals surface area (Å²) in [5.41, 5.74) is 1.54. The van der Waals surface area contributed by atoms with Crippen LogP contribution in [0.25, 0.3) is 10.9 Å². The van der Waals surface area contributed by atoms with Crippen LogP contribution in [-0.2, 0) is 0 Å². The molecule has 3 heteroatoms. The fourth-order valence-corrected chi connectivity index (χ4v) is 1.40. The molecule has 0 spiro atoms. The van der Waals surface area contributed by atoms with Crippen molar-refractivity contribution in [2.45, 2.75) is 0 Å². The molecule has 0 aliphatic heterocycles. The fraction of sp³-hybridized carbons (Fsp3) is 0.100. The SMILES string of the molecule is COc1ccc2[nH]ccc2c1C#N. The predicted molar refractivity (Wildman–Crippen MR) is 49.6 cm³/mol. The highest BCUT2D eigenvalue weighted by atomic mass is 16.5. The maximum absolute atomic E-state index is 8.92. The molecule has 0 fully saturated rings. The molecule has 0 unspecified atom stereocenters. The van der Waals surface area contributed by atoms with Gasteiger partial charge < -0.3 is 9.72 Å². The van der Waals surface area contributed by atoms with Crippen LogP contribution in [0.1, 0.15) is 5.56 Å². The highest BCUT2D eigenvalue weighted by Gasteiger charge is 2.07. The summed E-state index contributed by atoms with van der Waals surface area (Å²) >= 11 is 0. The van der Waals surface area contributed by atoms with E-state index < -0.39 is 0 Å². The number of nitrogens with one attached hydrogen (secondary N) is 1. The Morgan fingerprint density at radius 2 is 2.23 bits per heavy atom. The predicted octanol–water partition coefficient (Wildman–Crippen LogP) is 2.05. The van der Waals surface area contributed by atoms with Crippen molar-refractivity contribution in [2.75, 3.05) is 7.11 Å². The van der Waals surface area contributed by atoms with Crippen LogP contribution in [0.15, 0.2) is 24.4 Å². The minimum absolute atomic E-state index is 0.584. The van der Waals surface area contributed by atoms with Gasteiger partial charge in [0.25, 0.3) is 0 Å². The molecule has 13 heavy (non-hydrogen) atoms. The van der Waals surface area contributed by atoms with E-state index in [1.54, 1.807) is 13.2 Å². The molecule has 2 aromatic rings. The maximum atomic E-state index is 8.92. The van der Waals surface area contributed by atoms with E-state index in [0.717, 1.165) is 10.9 Å². The maximum Gasteiger partial charge on any atom is 0.137 e. The van der Waals surface area contributed by atoms with Crippen LogP contribution in [-0.4, -0.2) is 12.1 Å². The lowest BCUT2D eigenvalue weighted by Crippen LogP contribution is -1.87. The summed E-state index contributed by atoms with van der Waals surface area (Å²) in [6.45, 7) is 0. The number of hydrogen-bond donors (Lipinski definition) is 1. The van der Waals surface area contributed by atoms with E-state index in [0.29, 0.717) is 11.3 Å². The third kappa shape index (κ3) is 1.04. The molecule has 1 aromatic carbocycles. The molecular weight excluding hydrogens is 164 g/mol. The first-order valence-electron chi connectivity index (χ1n) is 3.91. The van der Waals surface area contributed by atoms with Gasteiger partial charge in [0.05, 0.1) is 7.11 Å². The Bertz CT molecular complexity index is 479. The zero-order valence-electron chi connectivity index (χ0n) is 7.16. The van der Waals surface area contributed by atoms with Crippen molar-refractivity contribution in [1.29, 1.82) is 5.26 Å². The molecule has 0 amide bonds. The number of aromatic nitrogens is 1. The van der Waals surface area contributed by atoms with Gasteiger partial charge in [-0.15, -0.1) is 0 Å². The summed E-state index contributed by atoms with van der Waals surface area (Å²) in [5.74, 6) is 0.620. The summed E-state index contributed by atoms with van der Waals surface area (Å²) in [6, 6.07) is 7.69. The number of ether oxygens (including phenoxy) is 1. The highest BCUT2D eigenvalue weighted by Crippen LogP contribution is 2.25. The van der Waals surface area contributed by atoms with E-state index in [4.69, 9.17) is 10.00 Å². The van der Waals surface area contributed by atoms with Crippen molar-refractivity contribution >= 4 is 10.9 Å². The van der Waals surface area contributed by atoms with Gasteiger partial charge >= 0.3 is 0 Å². The minimum Gasteiger partial charge on any atom is -0.495 e. The molecule has 0 aliphatic rings. The molecule has 2 rings (SSSR count). The Morgan fingerprint density at radius 1 is 1.38 bits per heavy atom. The first-order chi connectivity index (χ1) is 6.36. The first-order valence-corrected chi connectivity index (χ1v) is 3.91. The lowest BCUT2D eigenvalue weighted by Gasteiger charge is -2.02. The van der Waals surface area contributed by atoms with Gasteiger partial charge in [-0.25, -0.2) is 0 Å². The number of fused-ring (bicyclic) bond motifs is 1. The Labute approximate surface area is 75.6 Å². The second kappa shape index (κ2) is 2.83. The van der Waals surface area contributed by atoms with E-state index in [1.165, 1.54) is 0 Å². The molecule has 0 saturated carbocycles. The van der Waals surface area contributed by atoms with E-state index >= 15 is 0 Å². The Kier molecular flexibility index (Phi) is 1.67. The van der Waals surface area contributed by atoms with E-state index in [2.05, 4.69) is 11.1 Å². The third-order valence-electron chi connectivity index (χ3n) is 2.03. The van der Waals surface area contributed by atoms with Crippen molar-refractivity contribution in [1.82, 2.24) is 4.98 Å². The van der Waals surface area contributed by atoms with Gasteiger partial charge in [0.15, 0.2) is 0 Å². The Hall–Kier alpha value is -1.95. The second-order valence-corrected chi connectivity index (χ2v) is 2.69. The average molecular weight is 172 g/mol. The van der Waals surface area contributed by atoms with Crippen molar-refractivity contribution in [3.05, 3.63) is 30.0 Å². The smallest absolute Gasteiger partial charge is 0.137 e. The van der Waals surface area contributed by atoms with Crippen LogP contribution in [0.4, 0.5) is 0 Å². The van der Waals surface area contributed by atoms with E-state index in [1.807, 2.05) is 18.3 Å². The lowest BCUT2D eigenvalue weighted by atomic mass is 10.1. The molecule has 0 aliphatic carbocycles. The quantitative estimate of drug-likeness (QED) is 0.715. The molecule has 3 nitrogen and oxygen atoms in total. The molecule has 1 heterocycles. The standard InChI is InChI=1S/C10H8N2O/c1-13-10-3-2-9-7(4-5-12-9)8(10)6-11/h2-5,12H,1H3. The Balaban J connectivity index is 2.84. The van der Waals surface area contributed by atoms with Crippen molar-refractivity contribution in [3.63, 3.8) is 0 Å². The molecule has 0 radical (unpaired) electrons. The molecule has 1 N–H and O–H groups in total.